The molecule has 2 heterocycles. The first-order valence-corrected chi connectivity index (χ1v) is 8.30. The number of aryl methyl sites for hydroxylation is 2. The number of hydrogen-bond donors (Lipinski definition) is 2. The first kappa shape index (κ1) is 15.5. The van der Waals surface area contributed by atoms with Crippen molar-refractivity contribution in [2.24, 2.45) is 11.7 Å². The molecule has 0 aromatic carbocycles. The smallest absolute Gasteiger partial charge is 0.244 e. The lowest BCUT2D eigenvalue weighted by Gasteiger charge is -2.22. The van der Waals surface area contributed by atoms with Crippen LogP contribution in [0.1, 0.15) is 29.9 Å². The predicted molar refractivity (Wildman–Crippen MR) is 74.8 cm³/mol. The van der Waals surface area contributed by atoms with E-state index in [1.807, 2.05) is 0 Å². The summed E-state index contributed by atoms with van der Waals surface area (Å²) >= 11 is 0. The maximum atomic E-state index is 12.4. The van der Waals surface area contributed by atoms with Crippen LogP contribution in [0.3, 0.4) is 0 Å². The second-order valence-electron chi connectivity index (χ2n) is 5.16. The highest BCUT2D eigenvalue weighted by Gasteiger charge is 2.27. The molecule has 1 aliphatic rings. The molecule has 1 fully saturated rings. The largest absolute Gasteiger partial charge is 0.465 e. The fourth-order valence-corrected chi connectivity index (χ4v) is 4.14. The van der Waals surface area contributed by atoms with Crippen molar-refractivity contribution in [3.05, 3.63) is 17.1 Å². The topological polar surface area (TPSA) is 94.6 Å². The summed E-state index contributed by atoms with van der Waals surface area (Å²) in [6.45, 7) is 5.27. The number of rotatable bonds is 5. The first-order valence-electron chi connectivity index (χ1n) is 6.82. The van der Waals surface area contributed by atoms with Crippen molar-refractivity contribution >= 4 is 10.0 Å². The van der Waals surface area contributed by atoms with Crippen LogP contribution in [0.25, 0.3) is 0 Å². The average Bonchev–Trinajstić information content (AvgIpc) is 2.72. The van der Waals surface area contributed by atoms with Crippen molar-refractivity contribution in [1.29, 1.82) is 0 Å². The molecule has 2 rings (SSSR count). The van der Waals surface area contributed by atoms with Crippen LogP contribution in [0.15, 0.2) is 9.31 Å². The number of hydrogen-bond acceptors (Lipinski definition) is 5. The molecule has 0 radical (unpaired) electrons. The zero-order valence-electron chi connectivity index (χ0n) is 11.9. The molecule has 114 valence electrons. The molecule has 1 unspecified atom stereocenters. The lowest BCUT2D eigenvalue weighted by molar-refractivity contribution is 0.0568. The van der Waals surface area contributed by atoms with Crippen molar-refractivity contribution in [2.45, 2.75) is 38.1 Å². The van der Waals surface area contributed by atoms with Gasteiger partial charge in [0.2, 0.25) is 10.0 Å². The average molecular weight is 302 g/mol. The molecule has 1 atom stereocenters. The molecule has 1 aromatic rings. The third-order valence-electron chi connectivity index (χ3n) is 3.61. The van der Waals surface area contributed by atoms with Crippen LogP contribution >= 0.6 is 0 Å². The summed E-state index contributed by atoms with van der Waals surface area (Å²) in [5, 5.41) is 0. The molecule has 7 heteroatoms. The van der Waals surface area contributed by atoms with E-state index in [1.54, 1.807) is 13.8 Å². The van der Waals surface area contributed by atoms with Crippen LogP contribution in [-0.4, -0.2) is 28.2 Å². The van der Waals surface area contributed by atoms with E-state index < -0.39 is 10.0 Å². The quantitative estimate of drug-likeness (QED) is 0.848. The molecule has 0 saturated carbocycles. The van der Waals surface area contributed by atoms with Gasteiger partial charge in [-0.3, -0.25) is 0 Å². The number of ether oxygens (including phenoxy) is 1. The third-order valence-corrected chi connectivity index (χ3v) is 5.23. The lowest BCUT2D eigenvalue weighted by atomic mass is 10.0. The van der Waals surface area contributed by atoms with Crippen LogP contribution in [-0.2, 0) is 21.3 Å². The van der Waals surface area contributed by atoms with E-state index in [0.29, 0.717) is 30.2 Å². The molecule has 1 saturated heterocycles. The van der Waals surface area contributed by atoms with Crippen LogP contribution in [0, 0.1) is 19.8 Å². The Bertz CT molecular complexity index is 559. The minimum atomic E-state index is -3.59. The Kier molecular flexibility index (Phi) is 4.85. The van der Waals surface area contributed by atoms with E-state index in [1.165, 1.54) is 0 Å². The van der Waals surface area contributed by atoms with E-state index in [-0.39, 0.29) is 17.4 Å². The normalized spacial score (nSPS) is 20.2. The molecular formula is C13H22N2O4S. The maximum absolute atomic E-state index is 12.4. The Balaban J connectivity index is 2.13. The summed E-state index contributed by atoms with van der Waals surface area (Å²) in [6.07, 6.45) is 1.96. The van der Waals surface area contributed by atoms with Crippen LogP contribution < -0.4 is 10.5 Å². The fraction of sp³-hybridized carbons (Fsp3) is 0.692. The SMILES string of the molecule is Cc1oc(C)c(S(=O)(=O)NCC2CCCOC2)c1CN. The zero-order chi connectivity index (χ0) is 14.8. The van der Waals surface area contributed by atoms with Gasteiger partial charge in [-0.15, -0.1) is 0 Å². The van der Waals surface area contributed by atoms with Crippen LogP contribution in [0.5, 0.6) is 0 Å². The van der Waals surface area contributed by atoms with Gasteiger partial charge in [-0.05, 0) is 32.6 Å². The molecular weight excluding hydrogens is 280 g/mol. The second kappa shape index (κ2) is 6.26. The summed E-state index contributed by atoms with van der Waals surface area (Å²) < 4.78 is 38.2. The number of sulfonamides is 1. The Labute approximate surface area is 119 Å². The highest BCUT2D eigenvalue weighted by atomic mass is 32.2. The Morgan fingerprint density at radius 1 is 1.35 bits per heavy atom. The van der Waals surface area contributed by atoms with E-state index in [9.17, 15) is 8.42 Å². The Morgan fingerprint density at radius 2 is 2.10 bits per heavy atom. The molecule has 0 spiro atoms. The van der Waals surface area contributed by atoms with Crippen molar-refractivity contribution in [3.8, 4) is 0 Å². The highest BCUT2D eigenvalue weighted by molar-refractivity contribution is 7.89. The molecule has 0 bridgehead atoms. The fourth-order valence-electron chi connectivity index (χ4n) is 2.57. The minimum absolute atomic E-state index is 0.145. The number of furan rings is 1. The number of nitrogens with one attached hydrogen (secondary N) is 1. The summed E-state index contributed by atoms with van der Waals surface area (Å²) in [5.41, 5.74) is 6.18. The van der Waals surface area contributed by atoms with Gasteiger partial charge in [-0.25, -0.2) is 13.1 Å². The molecule has 0 amide bonds. The predicted octanol–water partition coefficient (Wildman–Crippen LogP) is 1.06. The molecule has 1 aliphatic heterocycles. The van der Waals surface area contributed by atoms with E-state index in [2.05, 4.69) is 4.72 Å². The number of nitrogens with two attached hydrogens (primary N) is 1. The molecule has 1 aromatic heterocycles. The summed E-state index contributed by atoms with van der Waals surface area (Å²) in [5.74, 6) is 1.18. The lowest BCUT2D eigenvalue weighted by Crippen LogP contribution is -2.33. The van der Waals surface area contributed by atoms with Gasteiger partial charge in [-0.2, -0.15) is 0 Å². The second-order valence-corrected chi connectivity index (χ2v) is 6.87. The van der Waals surface area contributed by atoms with Gasteiger partial charge >= 0.3 is 0 Å². The van der Waals surface area contributed by atoms with Gasteiger partial charge in [-0.1, -0.05) is 0 Å². The maximum Gasteiger partial charge on any atom is 0.244 e. The van der Waals surface area contributed by atoms with Crippen molar-refractivity contribution in [2.75, 3.05) is 19.8 Å². The summed E-state index contributed by atoms with van der Waals surface area (Å²) in [7, 11) is -3.59. The monoisotopic (exact) mass is 302 g/mol. The standard InChI is InChI=1S/C13H22N2O4S/c1-9-12(6-14)13(10(2)19-9)20(16,17)15-7-11-4-3-5-18-8-11/h11,15H,3-8,14H2,1-2H3. The van der Waals surface area contributed by atoms with E-state index >= 15 is 0 Å². The highest BCUT2D eigenvalue weighted by Crippen LogP contribution is 2.26. The zero-order valence-corrected chi connectivity index (χ0v) is 12.8. The first-order chi connectivity index (χ1) is 9.45. The molecule has 3 N–H and O–H groups in total. The van der Waals surface area contributed by atoms with Crippen LogP contribution in [0.2, 0.25) is 0 Å². The van der Waals surface area contributed by atoms with Gasteiger partial charge in [0.25, 0.3) is 0 Å². The van der Waals surface area contributed by atoms with Crippen molar-refractivity contribution in [3.63, 3.8) is 0 Å². The van der Waals surface area contributed by atoms with E-state index in [4.69, 9.17) is 14.9 Å². The van der Waals surface area contributed by atoms with Gasteiger partial charge in [0.1, 0.15) is 16.4 Å². The van der Waals surface area contributed by atoms with Gasteiger partial charge in [0, 0.05) is 25.3 Å². The molecule has 0 aliphatic carbocycles. The van der Waals surface area contributed by atoms with Crippen molar-refractivity contribution < 1.29 is 17.6 Å². The minimum Gasteiger partial charge on any atom is -0.465 e. The molecule has 20 heavy (non-hydrogen) atoms. The van der Waals surface area contributed by atoms with Gasteiger partial charge in [0.15, 0.2) is 0 Å². The van der Waals surface area contributed by atoms with Crippen molar-refractivity contribution in [1.82, 2.24) is 4.72 Å². The van der Waals surface area contributed by atoms with E-state index in [0.717, 1.165) is 19.4 Å². The third kappa shape index (κ3) is 3.22. The molecule has 6 nitrogen and oxygen atoms in total. The van der Waals surface area contributed by atoms with Gasteiger partial charge < -0.3 is 14.9 Å². The Morgan fingerprint density at radius 3 is 2.70 bits per heavy atom. The van der Waals surface area contributed by atoms with Gasteiger partial charge in [0.05, 0.1) is 6.61 Å². The Hall–Kier alpha value is -0.890. The van der Waals surface area contributed by atoms with Crippen LogP contribution in [0.4, 0.5) is 0 Å². The summed E-state index contributed by atoms with van der Waals surface area (Å²) in [6, 6.07) is 0. The summed E-state index contributed by atoms with van der Waals surface area (Å²) in [4.78, 5) is 0.189.